The first-order chi connectivity index (χ1) is 17.6. The van der Waals surface area contributed by atoms with Gasteiger partial charge in [-0.2, -0.15) is 4.80 Å². The van der Waals surface area contributed by atoms with Crippen LogP contribution in [0.3, 0.4) is 0 Å². The number of amides is 2. The quantitative estimate of drug-likeness (QED) is 0.392. The Morgan fingerprint density at radius 1 is 1.11 bits per heavy atom. The largest absolute Gasteiger partial charge is 0.351 e. The molecule has 0 spiro atoms. The van der Waals surface area contributed by atoms with E-state index in [2.05, 4.69) is 25.7 Å². The highest BCUT2D eigenvalue weighted by Gasteiger charge is 2.34. The van der Waals surface area contributed by atoms with Gasteiger partial charge in [0.1, 0.15) is 12.6 Å². The zero-order chi connectivity index (χ0) is 24.9. The van der Waals surface area contributed by atoms with Gasteiger partial charge in [-0.1, -0.05) is 36.6 Å². The maximum Gasteiger partial charge on any atom is 0.251 e. The minimum atomic E-state index is -0.871. The van der Waals surface area contributed by atoms with E-state index in [0.29, 0.717) is 17.1 Å². The number of hydrogen-bond acceptors (Lipinski definition) is 7. The normalized spacial score (nSPS) is 14.5. The molecule has 0 radical (unpaired) electrons. The van der Waals surface area contributed by atoms with Crippen molar-refractivity contribution in [2.24, 2.45) is 0 Å². The Morgan fingerprint density at radius 2 is 1.86 bits per heavy atom. The number of rotatable bonds is 8. The molecule has 2 amide bonds. The molecule has 184 valence electrons. The molecule has 1 aliphatic carbocycles. The van der Waals surface area contributed by atoms with Crippen LogP contribution in [-0.4, -0.2) is 43.0 Å². The lowest BCUT2D eigenvalue weighted by Gasteiger charge is -2.32. The molecule has 4 aromatic rings. The lowest BCUT2D eigenvalue weighted by atomic mass is 10.0. The summed E-state index contributed by atoms with van der Waals surface area (Å²) in [5.41, 5.74) is 2.35. The summed E-state index contributed by atoms with van der Waals surface area (Å²) >= 11 is 1.50. The van der Waals surface area contributed by atoms with Crippen LogP contribution < -0.4 is 10.2 Å². The average molecular weight is 502 g/mol. The predicted octanol–water partition coefficient (Wildman–Crippen LogP) is 3.94. The number of tetrazole rings is 1. The summed E-state index contributed by atoms with van der Waals surface area (Å²) in [5, 5.41) is 17.7. The SMILES string of the molecule is Cc1ccc(N(C(=O)Cn2nnc(-c3cccs3)n2)[C@@H](C(=O)NC2CCCC2)c2ccncc2)cc1. The molecule has 0 aliphatic heterocycles. The highest BCUT2D eigenvalue weighted by molar-refractivity contribution is 7.13. The van der Waals surface area contributed by atoms with Gasteiger partial charge in [0, 0.05) is 24.1 Å². The lowest BCUT2D eigenvalue weighted by Crippen LogP contribution is -2.47. The second-order valence-electron chi connectivity index (χ2n) is 8.89. The summed E-state index contributed by atoms with van der Waals surface area (Å²) < 4.78 is 0. The van der Waals surface area contributed by atoms with Gasteiger partial charge in [-0.05, 0) is 66.3 Å². The Balaban J connectivity index is 1.49. The summed E-state index contributed by atoms with van der Waals surface area (Å²) in [6.07, 6.45) is 7.35. The van der Waals surface area contributed by atoms with Crippen LogP contribution in [0.2, 0.25) is 0 Å². The fourth-order valence-corrected chi connectivity index (χ4v) is 5.12. The molecule has 3 aromatic heterocycles. The fraction of sp³-hybridized carbons (Fsp3) is 0.308. The van der Waals surface area contributed by atoms with E-state index in [-0.39, 0.29) is 24.4 Å². The van der Waals surface area contributed by atoms with Crippen molar-refractivity contribution in [3.8, 4) is 10.7 Å². The van der Waals surface area contributed by atoms with Gasteiger partial charge in [-0.25, -0.2) is 0 Å². The van der Waals surface area contributed by atoms with Crippen molar-refractivity contribution in [3.63, 3.8) is 0 Å². The van der Waals surface area contributed by atoms with Gasteiger partial charge in [-0.15, -0.1) is 21.5 Å². The number of benzene rings is 1. The van der Waals surface area contributed by atoms with Gasteiger partial charge >= 0.3 is 0 Å². The summed E-state index contributed by atoms with van der Waals surface area (Å²) in [6.45, 7) is 1.82. The highest BCUT2D eigenvalue weighted by atomic mass is 32.1. The third-order valence-electron chi connectivity index (χ3n) is 6.28. The molecule has 1 atom stereocenters. The summed E-state index contributed by atoms with van der Waals surface area (Å²) in [6, 6.07) is 14.2. The molecule has 0 bridgehead atoms. The van der Waals surface area contributed by atoms with Crippen LogP contribution in [0.4, 0.5) is 5.69 Å². The maximum atomic E-state index is 13.9. The minimum absolute atomic E-state index is 0.113. The van der Waals surface area contributed by atoms with Crippen LogP contribution in [0.25, 0.3) is 10.7 Å². The first-order valence-corrected chi connectivity index (χ1v) is 12.9. The minimum Gasteiger partial charge on any atom is -0.351 e. The monoisotopic (exact) mass is 501 g/mol. The molecule has 5 rings (SSSR count). The molecule has 1 saturated carbocycles. The first-order valence-electron chi connectivity index (χ1n) is 12.0. The van der Waals surface area contributed by atoms with Crippen LogP contribution in [0.1, 0.15) is 42.9 Å². The standard InChI is InChI=1S/C26H27N7O2S/c1-18-8-10-21(11-9-18)33(23(34)17-32-30-25(29-31-32)22-7-4-16-36-22)24(19-12-14-27-15-13-19)26(35)28-20-5-2-3-6-20/h4,7-16,20,24H,2-3,5-6,17H2,1H3,(H,28,35)/t24-/m1/s1. The predicted molar refractivity (Wildman–Crippen MR) is 137 cm³/mol. The topological polar surface area (TPSA) is 106 Å². The van der Waals surface area contributed by atoms with Crippen LogP contribution in [0.15, 0.2) is 66.3 Å². The highest BCUT2D eigenvalue weighted by Crippen LogP contribution is 2.30. The molecule has 9 nitrogen and oxygen atoms in total. The average Bonchev–Trinajstić information content (AvgIpc) is 3.67. The summed E-state index contributed by atoms with van der Waals surface area (Å²) in [4.78, 5) is 35.4. The van der Waals surface area contributed by atoms with Crippen molar-refractivity contribution in [3.05, 3.63) is 77.4 Å². The second-order valence-corrected chi connectivity index (χ2v) is 9.84. The van der Waals surface area contributed by atoms with Crippen LogP contribution in [0.5, 0.6) is 0 Å². The molecule has 3 heterocycles. The van der Waals surface area contributed by atoms with E-state index in [9.17, 15) is 9.59 Å². The molecular weight excluding hydrogens is 474 g/mol. The number of aryl methyl sites for hydroxylation is 1. The van der Waals surface area contributed by atoms with Gasteiger partial charge in [0.15, 0.2) is 0 Å². The van der Waals surface area contributed by atoms with E-state index in [1.54, 1.807) is 24.5 Å². The molecule has 1 aromatic carbocycles. The number of aromatic nitrogens is 5. The second kappa shape index (κ2) is 10.8. The number of carbonyl (C=O) groups excluding carboxylic acids is 2. The first kappa shape index (κ1) is 23.8. The van der Waals surface area contributed by atoms with E-state index in [1.165, 1.54) is 21.0 Å². The number of carbonyl (C=O) groups is 2. The number of thiophene rings is 1. The number of hydrogen-bond donors (Lipinski definition) is 1. The zero-order valence-corrected chi connectivity index (χ0v) is 20.8. The van der Waals surface area contributed by atoms with Gasteiger partial charge in [0.05, 0.1) is 4.88 Å². The molecule has 36 heavy (non-hydrogen) atoms. The number of anilines is 1. The van der Waals surface area contributed by atoms with Crippen LogP contribution in [-0.2, 0) is 16.1 Å². The lowest BCUT2D eigenvalue weighted by molar-refractivity contribution is -0.127. The Hall–Kier alpha value is -3.92. The smallest absolute Gasteiger partial charge is 0.251 e. The summed E-state index contributed by atoms with van der Waals surface area (Å²) in [7, 11) is 0. The Labute approximate surface area is 213 Å². The zero-order valence-electron chi connectivity index (χ0n) is 19.9. The Bertz CT molecular complexity index is 1300. The van der Waals surface area contributed by atoms with E-state index in [4.69, 9.17) is 0 Å². The van der Waals surface area contributed by atoms with Crippen molar-refractivity contribution in [1.29, 1.82) is 0 Å². The molecule has 0 saturated heterocycles. The summed E-state index contributed by atoms with van der Waals surface area (Å²) in [5.74, 6) is -0.0745. The number of pyridine rings is 1. The van der Waals surface area contributed by atoms with Crippen LogP contribution >= 0.6 is 11.3 Å². The van der Waals surface area contributed by atoms with Crippen LogP contribution in [0, 0.1) is 6.92 Å². The van der Waals surface area contributed by atoms with E-state index < -0.39 is 6.04 Å². The van der Waals surface area contributed by atoms with Gasteiger partial charge in [0.2, 0.25) is 11.7 Å². The van der Waals surface area contributed by atoms with E-state index >= 15 is 0 Å². The third kappa shape index (κ3) is 5.33. The molecule has 1 aliphatic rings. The molecule has 0 unspecified atom stereocenters. The van der Waals surface area contributed by atoms with Crippen molar-refractivity contribution in [1.82, 2.24) is 30.5 Å². The molecule has 1 N–H and O–H groups in total. The van der Waals surface area contributed by atoms with Gasteiger partial charge in [-0.3, -0.25) is 19.5 Å². The maximum absolute atomic E-state index is 13.9. The fourth-order valence-electron chi connectivity index (χ4n) is 4.47. The Morgan fingerprint density at radius 3 is 2.56 bits per heavy atom. The molecular formula is C26H27N7O2S. The van der Waals surface area contributed by atoms with E-state index in [0.717, 1.165) is 36.1 Å². The molecule has 1 fully saturated rings. The van der Waals surface area contributed by atoms with Crippen molar-refractivity contribution in [2.45, 2.75) is 51.2 Å². The Kier molecular flexibility index (Phi) is 7.13. The number of nitrogens with zero attached hydrogens (tertiary/aromatic N) is 6. The van der Waals surface area contributed by atoms with Gasteiger partial charge < -0.3 is 5.32 Å². The number of nitrogens with one attached hydrogen (secondary N) is 1. The van der Waals surface area contributed by atoms with Crippen molar-refractivity contribution < 1.29 is 9.59 Å². The third-order valence-corrected chi connectivity index (χ3v) is 7.15. The van der Waals surface area contributed by atoms with Crippen molar-refractivity contribution in [2.75, 3.05) is 4.90 Å². The molecule has 10 heteroatoms. The van der Waals surface area contributed by atoms with Crippen molar-refractivity contribution >= 4 is 28.8 Å². The van der Waals surface area contributed by atoms with E-state index in [1.807, 2.05) is 48.7 Å². The van der Waals surface area contributed by atoms with Gasteiger partial charge in [0.25, 0.3) is 5.91 Å².